The number of rotatable bonds is 5. The summed E-state index contributed by atoms with van der Waals surface area (Å²) in [6.45, 7) is 0.0843. The van der Waals surface area contributed by atoms with Gasteiger partial charge in [0, 0.05) is 17.7 Å². The molecule has 0 saturated carbocycles. The molecule has 2 heterocycles. The predicted molar refractivity (Wildman–Crippen MR) is 117 cm³/mol. The molecule has 0 bridgehead atoms. The third-order valence-corrected chi connectivity index (χ3v) is 6.85. The van der Waals surface area contributed by atoms with Crippen LogP contribution in [0.4, 0.5) is 4.79 Å². The molecule has 2 aromatic carbocycles. The first-order valence-corrected chi connectivity index (χ1v) is 11.3. The molecular weight excluding hydrogens is 448 g/mol. The molecule has 170 valence electrons. The standard InChI is InChI=1S/C22H20N4O6S/c1-23-33(30,31)17-7-3-14(4-8-17)9-10-22(20(28)24-21(29)25-22)13-26-12-15-5-6-16(32-2)11-18(15)19(26)27/h3-8,11,23H,12-13H2,1-2H3,(H2,24,25,28,29)/t22-/m1/s1. The van der Waals surface area contributed by atoms with Crippen molar-refractivity contribution >= 4 is 27.9 Å². The number of hydrogen-bond donors (Lipinski definition) is 3. The van der Waals surface area contributed by atoms with Crippen molar-refractivity contribution in [3.8, 4) is 17.6 Å². The van der Waals surface area contributed by atoms with Crippen molar-refractivity contribution in [2.45, 2.75) is 17.0 Å². The van der Waals surface area contributed by atoms with Gasteiger partial charge in [-0.15, -0.1) is 0 Å². The maximum atomic E-state index is 12.9. The maximum Gasteiger partial charge on any atom is 0.323 e. The highest BCUT2D eigenvalue weighted by atomic mass is 32.2. The number of carbonyl (C=O) groups is 3. The minimum absolute atomic E-state index is 0.0630. The highest BCUT2D eigenvalue weighted by Gasteiger charge is 2.48. The van der Waals surface area contributed by atoms with Crippen LogP contribution in [0.2, 0.25) is 0 Å². The van der Waals surface area contributed by atoms with Crippen molar-refractivity contribution in [1.29, 1.82) is 0 Å². The van der Waals surface area contributed by atoms with E-state index in [4.69, 9.17) is 4.74 Å². The number of sulfonamides is 1. The minimum Gasteiger partial charge on any atom is -0.497 e. The fraction of sp³-hybridized carbons (Fsp3) is 0.227. The van der Waals surface area contributed by atoms with Gasteiger partial charge in [-0.3, -0.25) is 14.9 Å². The first-order chi connectivity index (χ1) is 15.7. The molecule has 3 N–H and O–H groups in total. The van der Waals surface area contributed by atoms with E-state index in [2.05, 4.69) is 27.2 Å². The molecule has 1 atom stereocenters. The van der Waals surface area contributed by atoms with E-state index in [1.165, 1.54) is 43.3 Å². The van der Waals surface area contributed by atoms with Gasteiger partial charge in [0.05, 0.1) is 18.6 Å². The number of fused-ring (bicyclic) bond motifs is 1. The van der Waals surface area contributed by atoms with Gasteiger partial charge in [0.25, 0.3) is 11.8 Å². The third kappa shape index (κ3) is 4.13. The van der Waals surface area contributed by atoms with Crippen LogP contribution in [0, 0.1) is 11.8 Å². The van der Waals surface area contributed by atoms with Gasteiger partial charge in [0.15, 0.2) is 0 Å². The van der Waals surface area contributed by atoms with Crippen LogP contribution in [0.1, 0.15) is 21.5 Å². The van der Waals surface area contributed by atoms with Crippen molar-refractivity contribution in [1.82, 2.24) is 20.3 Å². The number of ether oxygens (including phenoxy) is 1. The number of benzene rings is 2. The Hall–Kier alpha value is -3.88. The van der Waals surface area contributed by atoms with Crippen LogP contribution in [-0.4, -0.2) is 57.4 Å². The van der Waals surface area contributed by atoms with Crippen molar-refractivity contribution < 1.29 is 27.5 Å². The lowest BCUT2D eigenvalue weighted by Crippen LogP contribution is -2.54. The first-order valence-electron chi connectivity index (χ1n) is 9.84. The molecule has 2 aliphatic rings. The van der Waals surface area contributed by atoms with Gasteiger partial charge >= 0.3 is 6.03 Å². The summed E-state index contributed by atoms with van der Waals surface area (Å²) in [6, 6.07) is 10.2. The van der Waals surface area contributed by atoms with Crippen molar-refractivity contribution in [3.63, 3.8) is 0 Å². The Labute approximate surface area is 190 Å². The topological polar surface area (TPSA) is 134 Å². The summed E-state index contributed by atoms with van der Waals surface area (Å²) in [6.07, 6.45) is 0. The quantitative estimate of drug-likeness (QED) is 0.424. The molecule has 0 spiro atoms. The Bertz CT molecular complexity index is 1330. The van der Waals surface area contributed by atoms with Crippen molar-refractivity contribution in [3.05, 3.63) is 59.2 Å². The van der Waals surface area contributed by atoms with E-state index in [1.807, 2.05) is 0 Å². The summed E-state index contributed by atoms with van der Waals surface area (Å²) in [5, 5.41) is 4.70. The molecule has 1 saturated heterocycles. The Morgan fingerprint density at radius 2 is 1.88 bits per heavy atom. The SMILES string of the molecule is CNS(=O)(=O)c1ccc(C#C[C@]2(CN3Cc4ccc(OC)cc4C3=O)NC(=O)NC2=O)cc1. The molecule has 0 radical (unpaired) electrons. The van der Waals surface area contributed by atoms with Gasteiger partial charge < -0.3 is 15.0 Å². The smallest absolute Gasteiger partial charge is 0.323 e. The number of hydrogen-bond acceptors (Lipinski definition) is 6. The third-order valence-electron chi connectivity index (χ3n) is 5.42. The van der Waals surface area contributed by atoms with Gasteiger partial charge in [-0.05, 0) is 49.0 Å². The number of imide groups is 1. The summed E-state index contributed by atoms with van der Waals surface area (Å²) >= 11 is 0. The van der Waals surface area contributed by atoms with Gasteiger partial charge in [-0.1, -0.05) is 17.9 Å². The Kier molecular flexibility index (Phi) is 5.57. The number of nitrogens with zero attached hydrogens (tertiary/aromatic N) is 1. The van der Waals surface area contributed by atoms with Gasteiger partial charge in [0.2, 0.25) is 15.6 Å². The second-order valence-electron chi connectivity index (χ2n) is 7.48. The van der Waals surface area contributed by atoms with Crippen molar-refractivity contribution in [2.24, 2.45) is 0 Å². The number of amides is 4. The monoisotopic (exact) mass is 468 g/mol. The maximum absolute atomic E-state index is 12.9. The fourth-order valence-electron chi connectivity index (χ4n) is 3.63. The Morgan fingerprint density at radius 3 is 2.48 bits per heavy atom. The summed E-state index contributed by atoms with van der Waals surface area (Å²) in [4.78, 5) is 39.0. The number of carbonyl (C=O) groups excluding carboxylic acids is 3. The van der Waals surface area contributed by atoms with Gasteiger partial charge in [0.1, 0.15) is 5.75 Å². The molecule has 4 amide bonds. The lowest BCUT2D eigenvalue weighted by molar-refractivity contribution is -0.122. The van der Waals surface area contributed by atoms with Crippen molar-refractivity contribution in [2.75, 3.05) is 20.7 Å². The van der Waals surface area contributed by atoms with Gasteiger partial charge in [-0.2, -0.15) is 0 Å². The van der Waals surface area contributed by atoms with Gasteiger partial charge in [-0.25, -0.2) is 17.9 Å². The fourth-order valence-corrected chi connectivity index (χ4v) is 4.36. The van der Waals surface area contributed by atoms with E-state index in [9.17, 15) is 22.8 Å². The lowest BCUT2D eigenvalue weighted by atomic mass is 9.99. The summed E-state index contributed by atoms with van der Waals surface area (Å²) < 4.78 is 31.1. The van der Waals surface area contributed by atoms with Crippen LogP contribution >= 0.6 is 0 Å². The summed E-state index contributed by atoms with van der Waals surface area (Å²) in [5.74, 6) is 5.15. The predicted octanol–water partition coefficient (Wildman–Crippen LogP) is 0.189. The Morgan fingerprint density at radius 1 is 1.15 bits per heavy atom. The molecule has 2 aromatic rings. The van der Waals surface area contributed by atoms with Crippen LogP contribution in [-0.2, 0) is 21.4 Å². The number of urea groups is 1. The molecule has 0 unspecified atom stereocenters. The van der Waals surface area contributed by atoms with Crippen LogP contribution in [0.5, 0.6) is 5.75 Å². The zero-order valence-electron chi connectivity index (χ0n) is 17.8. The van der Waals surface area contributed by atoms with E-state index < -0.39 is 27.5 Å². The molecule has 10 nitrogen and oxygen atoms in total. The van der Waals surface area contributed by atoms with Crippen LogP contribution in [0.25, 0.3) is 0 Å². The molecule has 2 aliphatic heterocycles. The normalized spacial score (nSPS) is 19.5. The minimum atomic E-state index is -3.60. The largest absolute Gasteiger partial charge is 0.497 e. The Balaban J connectivity index is 1.62. The van der Waals surface area contributed by atoms with E-state index in [0.29, 0.717) is 16.9 Å². The highest BCUT2D eigenvalue weighted by molar-refractivity contribution is 7.89. The average Bonchev–Trinajstić information content (AvgIpc) is 3.27. The summed E-state index contributed by atoms with van der Waals surface area (Å²) in [5.41, 5.74) is 0.00634. The van der Waals surface area contributed by atoms with Crippen LogP contribution in [0.15, 0.2) is 47.4 Å². The first kappa shape index (κ1) is 22.3. The van der Waals surface area contributed by atoms with E-state index in [1.54, 1.807) is 18.2 Å². The van der Waals surface area contributed by atoms with Crippen LogP contribution < -0.4 is 20.1 Å². The zero-order valence-corrected chi connectivity index (χ0v) is 18.6. The average molecular weight is 468 g/mol. The molecule has 11 heteroatoms. The molecule has 0 aromatic heterocycles. The lowest BCUT2D eigenvalue weighted by Gasteiger charge is -2.26. The second-order valence-corrected chi connectivity index (χ2v) is 9.37. The highest BCUT2D eigenvalue weighted by Crippen LogP contribution is 2.28. The van der Waals surface area contributed by atoms with E-state index in [0.717, 1.165) is 5.56 Å². The zero-order chi connectivity index (χ0) is 23.8. The molecule has 0 aliphatic carbocycles. The van der Waals surface area contributed by atoms with Crippen LogP contribution in [0.3, 0.4) is 0 Å². The number of nitrogens with one attached hydrogen (secondary N) is 3. The second kappa shape index (κ2) is 8.23. The van der Waals surface area contributed by atoms with E-state index >= 15 is 0 Å². The summed E-state index contributed by atoms with van der Waals surface area (Å²) in [7, 11) is -0.789. The molecule has 33 heavy (non-hydrogen) atoms. The molecular formula is C22H20N4O6S. The molecule has 1 fully saturated rings. The van der Waals surface area contributed by atoms with E-state index in [-0.39, 0.29) is 23.9 Å². The molecule has 4 rings (SSSR count). The number of methoxy groups -OCH3 is 1.